The first-order valence-electron chi connectivity index (χ1n) is 6.14. The van der Waals surface area contributed by atoms with E-state index in [4.69, 9.17) is 4.74 Å². The maximum atomic E-state index is 13.6. The lowest BCUT2D eigenvalue weighted by Crippen LogP contribution is -2.53. The maximum absolute atomic E-state index is 13.6. The molecule has 1 fully saturated rings. The average molecular weight is 259 g/mol. The van der Waals surface area contributed by atoms with Gasteiger partial charge in [0.25, 0.3) is 0 Å². The highest BCUT2D eigenvalue weighted by atomic mass is 19.4. The molecule has 0 amide bonds. The Hall–Kier alpha value is -1.10. The number of aromatic nitrogens is 1. The van der Waals surface area contributed by atoms with Gasteiger partial charge in [0.05, 0.1) is 5.69 Å². The van der Waals surface area contributed by atoms with E-state index < -0.39 is 17.7 Å². The molecule has 0 bridgehead atoms. The van der Waals surface area contributed by atoms with Crippen molar-refractivity contribution in [2.24, 2.45) is 5.92 Å². The minimum atomic E-state index is -4.44. The number of rotatable bonds is 4. The SMILES string of the molecule is CCOC(c1ccccn1)(C1CCC1)C(F)(F)F. The molecule has 0 aromatic carbocycles. The van der Waals surface area contributed by atoms with Gasteiger partial charge in [-0.2, -0.15) is 13.2 Å². The van der Waals surface area contributed by atoms with E-state index in [-0.39, 0.29) is 12.3 Å². The molecule has 1 saturated carbocycles. The van der Waals surface area contributed by atoms with Crippen LogP contribution in [0.25, 0.3) is 0 Å². The van der Waals surface area contributed by atoms with Gasteiger partial charge in [0.1, 0.15) is 0 Å². The molecule has 18 heavy (non-hydrogen) atoms. The van der Waals surface area contributed by atoms with Crippen LogP contribution >= 0.6 is 0 Å². The molecule has 0 saturated heterocycles. The van der Waals surface area contributed by atoms with Gasteiger partial charge in [0, 0.05) is 18.7 Å². The van der Waals surface area contributed by atoms with E-state index in [9.17, 15) is 13.2 Å². The molecule has 0 aliphatic heterocycles. The Morgan fingerprint density at radius 2 is 2.06 bits per heavy atom. The van der Waals surface area contributed by atoms with Crippen molar-refractivity contribution in [3.63, 3.8) is 0 Å². The molecule has 0 N–H and O–H groups in total. The van der Waals surface area contributed by atoms with Crippen LogP contribution in [-0.4, -0.2) is 17.8 Å². The number of halogens is 3. The molecule has 0 spiro atoms. The topological polar surface area (TPSA) is 22.1 Å². The summed E-state index contributed by atoms with van der Waals surface area (Å²) in [5.41, 5.74) is -2.26. The zero-order valence-corrected chi connectivity index (χ0v) is 10.2. The van der Waals surface area contributed by atoms with Crippen LogP contribution in [-0.2, 0) is 10.3 Å². The largest absolute Gasteiger partial charge is 0.423 e. The second-order valence-corrected chi connectivity index (χ2v) is 4.51. The summed E-state index contributed by atoms with van der Waals surface area (Å²) in [5, 5.41) is 0. The Morgan fingerprint density at radius 1 is 1.33 bits per heavy atom. The van der Waals surface area contributed by atoms with Gasteiger partial charge in [-0.3, -0.25) is 4.98 Å². The lowest BCUT2D eigenvalue weighted by Gasteiger charge is -2.45. The fourth-order valence-corrected chi connectivity index (χ4v) is 2.48. The minimum Gasteiger partial charge on any atom is -0.360 e. The monoisotopic (exact) mass is 259 g/mol. The van der Waals surface area contributed by atoms with Crippen LogP contribution in [0.4, 0.5) is 13.2 Å². The second kappa shape index (κ2) is 4.88. The van der Waals surface area contributed by atoms with Gasteiger partial charge in [-0.05, 0) is 31.9 Å². The maximum Gasteiger partial charge on any atom is 0.423 e. The number of hydrogen-bond donors (Lipinski definition) is 0. The van der Waals surface area contributed by atoms with Gasteiger partial charge >= 0.3 is 6.18 Å². The summed E-state index contributed by atoms with van der Waals surface area (Å²) < 4.78 is 45.9. The summed E-state index contributed by atoms with van der Waals surface area (Å²) >= 11 is 0. The van der Waals surface area contributed by atoms with Gasteiger partial charge in [-0.15, -0.1) is 0 Å². The lowest BCUT2D eigenvalue weighted by molar-refractivity contribution is -0.314. The van der Waals surface area contributed by atoms with Crippen LogP contribution in [0.1, 0.15) is 31.9 Å². The Morgan fingerprint density at radius 3 is 2.44 bits per heavy atom. The Labute approximate surface area is 104 Å². The predicted molar refractivity (Wildman–Crippen MR) is 60.9 cm³/mol. The average Bonchev–Trinajstić information content (AvgIpc) is 2.25. The molecule has 1 aromatic heterocycles. The fourth-order valence-electron chi connectivity index (χ4n) is 2.48. The smallest absolute Gasteiger partial charge is 0.360 e. The van der Waals surface area contributed by atoms with E-state index in [2.05, 4.69) is 4.98 Å². The number of hydrogen-bond acceptors (Lipinski definition) is 2. The summed E-state index contributed by atoms with van der Waals surface area (Å²) in [7, 11) is 0. The third kappa shape index (κ3) is 2.00. The van der Waals surface area contributed by atoms with Crippen LogP contribution in [0.2, 0.25) is 0 Å². The normalized spacial score (nSPS) is 20.2. The van der Waals surface area contributed by atoms with Crippen LogP contribution in [0, 0.1) is 5.92 Å². The summed E-state index contributed by atoms with van der Waals surface area (Å²) in [6.07, 6.45) is -1.16. The third-order valence-electron chi connectivity index (χ3n) is 3.52. The highest BCUT2D eigenvalue weighted by Gasteiger charge is 2.63. The van der Waals surface area contributed by atoms with Gasteiger partial charge in [0.15, 0.2) is 0 Å². The summed E-state index contributed by atoms with van der Waals surface area (Å²) in [5.74, 6) is -0.521. The molecule has 1 atom stereocenters. The molecule has 2 nitrogen and oxygen atoms in total. The van der Waals surface area contributed by atoms with Crippen molar-refractivity contribution < 1.29 is 17.9 Å². The van der Waals surface area contributed by atoms with E-state index in [1.165, 1.54) is 12.3 Å². The highest BCUT2D eigenvalue weighted by Crippen LogP contribution is 2.53. The zero-order chi connectivity index (χ0) is 13.2. The predicted octanol–water partition coefficient (Wildman–Crippen LogP) is 3.68. The Bertz CT molecular complexity index is 389. The van der Waals surface area contributed by atoms with Gasteiger partial charge < -0.3 is 4.74 Å². The Kier molecular flexibility index (Phi) is 3.61. The first kappa shape index (κ1) is 13.3. The van der Waals surface area contributed by atoms with E-state index in [0.717, 1.165) is 6.42 Å². The molecular formula is C13H16F3NO. The molecular weight excluding hydrogens is 243 g/mol. The van der Waals surface area contributed by atoms with E-state index in [1.807, 2.05) is 0 Å². The van der Waals surface area contributed by atoms with Gasteiger partial charge in [0.2, 0.25) is 5.60 Å². The molecule has 1 unspecified atom stereocenters. The number of nitrogens with zero attached hydrogens (tertiary/aromatic N) is 1. The van der Waals surface area contributed by atoms with Crippen molar-refractivity contribution >= 4 is 0 Å². The fraction of sp³-hybridized carbons (Fsp3) is 0.615. The first-order chi connectivity index (χ1) is 8.52. The van der Waals surface area contributed by atoms with Crippen LogP contribution in [0.15, 0.2) is 24.4 Å². The van der Waals surface area contributed by atoms with Gasteiger partial charge in [-0.1, -0.05) is 12.5 Å². The highest BCUT2D eigenvalue weighted by molar-refractivity contribution is 5.19. The second-order valence-electron chi connectivity index (χ2n) is 4.51. The lowest BCUT2D eigenvalue weighted by atomic mass is 9.70. The summed E-state index contributed by atoms with van der Waals surface area (Å²) in [4.78, 5) is 3.89. The number of pyridine rings is 1. The van der Waals surface area contributed by atoms with E-state index in [1.54, 1.807) is 19.1 Å². The number of alkyl halides is 3. The molecule has 5 heteroatoms. The molecule has 1 aliphatic rings. The van der Waals surface area contributed by atoms with E-state index in [0.29, 0.717) is 12.8 Å². The summed E-state index contributed by atoms with van der Waals surface area (Å²) in [6.45, 7) is 1.61. The standard InChI is InChI=1S/C13H16F3NO/c1-2-18-12(13(14,15)16,10-6-5-7-10)11-8-3-4-9-17-11/h3-4,8-10H,2,5-7H2,1H3. The van der Waals surface area contributed by atoms with Crippen LogP contribution in [0.5, 0.6) is 0 Å². The molecule has 0 radical (unpaired) electrons. The molecule has 1 aliphatic carbocycles. The molecule has 2 rings (SSSR count). The van der Waals surface area contributed by atoms with Crippen molar-refractivity contribution in [3.05, 3.63) is 30.1 Å². The van der Waals surface area contributed by atoms with Crippen molar-refractivity contribution in [2.75, 3.05) is 6.61 Å². The molecule has 1 heterocycles. The number of ether oxygens (including phenoxy) is 1. The van der Waals surface area contributed by atoms with Crippen molar-refractivity contribution in [2.45, 2.75) is 38.0 Å². The van der Waals surface area contributed by atoms with Crippen molar-refractivity contribution in [1.82, 2.24) is 4.98 Å². The van der Waals surface area contributed by atoms with E-state index >= 15 is 0 Å². The minimum absolute atomic E-state index is 0.0204. The third-order valence-corrected chi connectivity index (χ3v) is 3.52. The zero-order valence-electron chi connectivity index (χ0n) is 10.2. The van der Waals surface area contributed by atoms with Crippen molar-refractivity contribution in [3.8, 4) is 0 Å². The molecule has 100 valence electrons. The van der Waals surface area contributed by atoms with Crippen LogP contribution < -0.4 is 0 Å². The van der Waals surface area contributed by atoms with Crippen molar-refractivity contribution in [1.29, 1.82) is 0 Å². The Balaban J connectivity index is 2.49. The van der Waals surface area contributed by atoms with Crippen LogP contribution in [0.3, 0.4) is 0 Å². The molecule has 1 aromatic rings. The quantitative estimate of drug-likeness (QED) is 0.823. The first-order valence-corrected chi connectivity index (χ1v) is 6.14. The van der Waals surface area contributed by atoms with Gasteiger partial charge in [-0.25, -0.2) is 0 Å². The summed E-state index contributed by atoms with van der Waals surface area (Å²) in [6, 6.07) is 4.58.